The molecule has 1 aromatic rings. The van der Waals surface area contributed by atoms with Gasteiger partial charge < -0.3 is 10.6 Å². The van der Waals surface area contributed by atoms with Crippen LogP contribution in [0.15, 0.2) is 21.7 Å². The molecule has 0 radical (unpaired) electrons. The normalized spacial score (nSPS) is 7.70. The third-order valence-corrected chi connectivity index (χ3v) is 0.869. The highest BCUT2D eigenvalue weighted by Crippen LogP contribution is 2.14. The molecule has 1 aromatic heterocycles. The summed E-state index contributed by atoms with van der Waals surface area (Å²) in [6, 6.07) is 3.36. The molecule has 0 atom stereocenters. The molecule has 54 valence electrons. The second-order valence-electron chi connectivity index (χ2n) is 1.57. The van der Waals surface area contributed by atoms with E-state index in [1.165, 1.54) is 0 Å². The van der Waals surface area contributed by atoms with Crippen LogP contribution in [0, 0.1) is 6.92 Å². The molecule has 0 saturated heterocycles. The smallest absolute Gasteiger partial charge is 0.190 e. The van der Waals surface area contributed by atoms with Crippen molar-refractivity contribution < 1.29 is 4.42 Å². The minimum absolute atomic E-state index is 0. The zero-order valence-electron chi connectivity index (χ0n) is 5.61. The summed E-state index contributed by atoms with van der Waals surface area (Å²) in [5.74, 6) is 1.06. The third kappa shape index (κ3) is 1.81. The lowest BCUT2D eigenvalue weighted by Crippen LogP contribution is -1.50. The SMILES string of the molecule is Cc1ccc(N=[N+]=[N-])o1.N. The van der Waals surface area contributed by atoms with Gasteiger partial charge in [0, 0.05) is 4.91 Å². The molecule has 0 aromatic carbocycles. The Bertz CT molecular complexity index is 248. The lowest BCUT2D eigenvalue weighted by atomic mass is 10.5. The maximum atomic E-state index is 7.93. The first-order chi connectivity index (χ1) is 4.33. The summed E-state index contributed by atoms with van der Waals surface area (Å²) in [6.45, 7) is 1.79. The van der Waals surface area contributed by atoms with E-state index in [9.17, 15) is 0 Å². The van der Waals surface area contributed by atoms with Gasteiger partial charge in [0.1, 0.15) is 5.76 Å². The van der Waals surface area contributed by atoms with E-state index in [0.29, 0.717) is 5.88 Å². The zero-order valence-corrected chi connectivity index (χ0v) is 5.61. The van der Waals surface area contributed by atoms with Crippen LogP contribution >= 0.6 is 0 Å². The van der Waals surface area contributed by atoms with E-state index in [0.717, 1.165) is 5.76 Å². The van der Waals surface area contributed by atoms with Crippen LogP contribution in [0.4, 0.5) is 5.88 Å². The van der Waals surface area contributed by atoms with Gasteiger partial charge in [-0.25, -0.2) is 0 Å². The molecule has 3 N–H and O–H groups in total. The first kappa shape index (κ1) is 8.55. The molecule has 5 nitrogen and oxygen atoms in total. The summed E-state index contributed by atoms with van der Waals surface area (Å²) in [5.41, 5.74) is 7.93. The van der Waals surface area contributed by atoms with Crippen LogP contribution in [0.2, 0.25) is 0 Å². The predicted octanol–water partition coefficient (Wildman–Crippen LogP) is 2.69. The average molecular weight is 140 g/mol. The summed E-state index contributed by atoms with van der Waals surface area (Å²) in [4.78, 5) is 2.55. The molecular formula is C5H8N4O. The van der Waals surface area contributed by atoms with E-state index in [-0.39, 0.29) is 6.15 Å². The molecule has 0 bridgehead atoms. The van der Waals surface area contributed by atoms with Crippen molar-refractivity contribution in [2.75, 3.05) is 0 Å². The van der Waals surface area contributed by atoms with Crippen LogP contribution in [0.3, 0.4) is 0 Å². The van der Waals surface area contributed by atoms with Crippen molar-refractivity contribution in [3.63, 3.8) is 0 Å². The van der Waals surface area contributed by atoms with Gasteiger partial charge in [-0.15, -0.1) is 0 Å². The molecule has 0 spiro atoms. The highest BCUT2D eigenvalue weighted by atomic mass is 16.4. The number of nitrogens with zero attached hydrogens (tertiary/aromatic N) is 3. The average Bonchev–Trinajstić information content (AvgIpc) is 2.17. The largest absolute Gasteiger partial charge is 0.460 e. The van der Waals surface area contributed by atoms with Gasteiger partial charge >= 0.3 is 0 Å². The standard InChI is InChI=1S/C5H5N3O.H3N/c1-4-2-3-5(9-4)7-8-6;/h2-3H,1H3;1H3. The minimum atomic E-state index is 0. The molecule has 0 aliphatic carbocycles. The second kappa shape index (κ2) is 3.55. The number of rotatable bonds is 1. The molecule has 5 heteroatoms. The monoisotopic (exact) mass is 140 g/mol. The van der Waals surface area contributed by atoms with Gasteiger partial charge in [-0.1, -0.05) is 0 Å². The number of aryl methyl sites for hydroxylation is 1. The predicted molar refractivity (Wildman–Crippen MR) is 37.3 cm³/mol. The molecule has 0 aliphatic rings. The molecule has 1 heterocycles. The van der Waals surface area contributed by atoms with Crippen LogP contribution in [-0.2, 0) is 0 Å². The second-order valence-corrected chi connectivity index (χ2v) is 1.57. The Morgan fingerprint density at radius 3 is 2.70 bits per heavy atom. The van der Waals surface area contributed by atoms with E-state index >= 15 is 0 Å². The molecular weight excluding hydrogens is 132 g/mol. The van der Waals surface area contributed by atoms with E-state index in [4.69, 9.17) is 9.95 Å². The van der Waals surface area contributed by atoms with E-state index in [1.54, 1.807) is 19.1 Å². The lowest BCUT2D eigenvalue weighted by molar-refractivity contribution is 0.543. The van der Waals surface area contributed by atoms with Crippen LogP contribution in [-0.4, -0.2) is 0 Å². The van der Waals surface area contributed by atoms with Crippen molar-refractivity contribution in [3.8, 4) is 0 Å². The van der Waals surface area contributed by atoms with E-state index in [2.05, 4.69) is 10.0 Å². The fourth-order valence-electron chi connectivity index (χ4n) is 0.519. The van der Waals surface area contributed by atoms with Gasteiger partial charge in [0.15, 0.2) is 5.88 Å². The topological polar surface area (TPSA) is 96.9 Å². The van der Waals surface area contributed by atoms with Crippen LogP contribution in [0.25, 0.3) is 10.4 Å². The van der Waals surface area contributed by atoms with Gasteiger partial charge in [-0.05, 0) is 29.7 Å². The molecule has 0 fully saturated rings. The molecule has 0 amide bonds. The highest BCUT2D eigenvalue weighted by Gasteiger charge is 1.90. The number of azide groups is 1. The summed E-state index contributed by atoms with van der Waals surface area (Å²) in [5, 5.41) is 3.24. The minimum Gasteiger partial charge on any atom is -0.460 e. The van der Waals surface area contributed by atoms with Crippen molar-refractivity contribution in [2.24, 2.45) is 5.11 Å². The number of furan rings is 1. The van der Waals surface area contributed by atoms with Gasteiger partial charge in [-0.2, -0.15) is 0 Å². The zero-order chi connectivity index (χ0) is 6.69. The summed E-state index contributed by atoms with van der Waals surface area (Å²) < 4.78 is 4.90. The van der Waals surface area contributed by atoms with Gasteiger partial charge in [0.25, 0.3) is 0 Å². The summed E-state index contributed by atoms with van der Waals surface area (Å²) >= 11 is 0. The van der Waals surface area contributed by atoms with Crippen molar-refractivity contribution in [3.05, 3.63) is 28.3 Å². The van der Waals surface area contributed by atoms with Gasteiger partial charge in [0.05, 0.1) is 0 Å². The number of hydrogen-bond acceptors (Lipinski definition) is 3. The molecule has 10 heavy (non-hydrogen) atoms. The molecule has 0 aliphatic heterocycles. The fraction of sp³-hybridized carbons (Fsp3) is 0.200. The van der Waals surface area contributed by atoms with Crippen LogP contribution < -0.4 is 6.15 Å². The van der Waals surface area contributed by atoms with Crippen molar-refractivity contribution in [1.82, 2.24) is 6.15 Å². The Labute approximate surface area is 57.9 Å². The maximum absolute atomic E-state index is 7.93. The highest BCUT2D eigenvalue weighted by molar-refractivity contribution is 5.23. The maximum Gasteiger partial charge on any atom is 0.190 e. The molecule has 0 saturated carbocycles. The van der Waals surface area contributed by atoms with Crippen molar-refractivity contribution in [1.29, 1.82) is 0 Å². The fourth-order valence-corrected chi connectivity index (χ4v) is 0.519. The Morgan fingerprint density at radius 1 is 1.60 bits per heavy atom. The van der Waals surface area contributed by atoms with Crippen LogP contribution in [0.5, 0.6) is 0 Å². The van der Waals surface area contributed by atoms with Crippen molar-refractivity contribution in [2.45, 2.75) is 6.92 Å². The van der Waals surface area contributed by atoms with Gasteiger partial charge in [0.2, 0.25) is 0 Å². The third-order valence-electron chi connectivity index (χ3n) is 0.869. The van der Waals surface area contributed by atoms with Gasteiger partial charge in [-0.3, -0.25) is 0 Å². The molecule has 0 unspecified atom stereocenters. The lowest BCUT2D eigenvalue weighted by Gasteiger charge is -1.77. The Kier molecular flexibility index (Phi) is 3.04. The van der Waals surface area contributed by atoms with Crippen molar-refractivity contribution >= 4 is 5.88 Å². The number of hydrogen-bond donors (Lipinski definition) is 1. The van der Waals surface area contributed by atoms with Crippen LogP contribution in [0.1, 0.15) is 5.76 Å². The Balaban J connectivity index is 0.000000810. The Hall–Kier alpha value is -1.45. The first-order valence-electron chi connectivity index (χ1n) is 2.44. The summed E-state index contributed by atoms with van der Waals surface area (Å²) in [7, 11) is 0. The van der Waals surface area contributed by atoms with E-state index < -0.39 is 0 Å². The Morgan fingerprint density at radius 2 is 2.30 bits per heavy atom. The summed E-state index contributed by atoms with van der Waals surface area (Å²) in [6.07, 6.45) is 0. The molecule has 1 rings (SSSR count). The first-order valence-corrected chi connectivity index (χ1v) is 2.44. The van der Waals surface area contributed by atoms with E-state index in [1.807, 2.05) is 0 Å². The quantitative estimate of drug-likeness (QED) is 0.368.